The first-order valence-electron chi connectivity index (χ1n) is 8.50. The lowest BCUT2D eigenvalue weighted by Crippen LogP contribution is -2.37. The van der Waals surface area contributed by atoms with Gasteiger partial charge in [-0.3, -0.25) is 9.59 Å². The lowest BCUT2D eigenvalue weighted by molar-refractivity contribution is -0.128. The number of hydrogen-bond donors (Lipinski definition) is 2. The van der Waals surface area contributed by atoms with Gasteiger partial charge in [0.25, 0.3) is 5.91 Å². The van der Waals surface area contributed by atoms with E-state index in [1.54, 1.807) is 24.0 Å². The number of hydrogen-bond acceptors (Lipinski definition) is 5. The van der Waals surface area contributed by atoms with E-state index < -0.39 is 0 Å². The molecule has 138 valence electrons. The molecule has 0 radical (unpaired) electrons. The molecule has 2 N–H and O–H groups in total. The summed E-state index contributed by atoms with van der Waals surface area (Å²) < 4.78 is 13.3. The highest BCUT2D eigenvalue weighted by atomic mass is 32.1. The van der Waals surface area contributed by atoms with E-state index in [0.717, 1.165) is 12.1 Å². The second kappa shape index (κ2) is 7.82. The predicted octanol–water partition coefficient (Wildman–Crippen LogP) is 2.55. The average Bonchev–Trinajstić information content (AvgIpc) is 3.10. The number of likely N-dealkylation sites (tertiary alicyclic amines) is 1. The molecule has 0 aliphatic carbocycles. The molecular weight excluding hydrogens is 355 g/mol. The Morgan fingerprint density at radius 1 is 1.46 bits per heavy atom. The third-order valence-electron chi connectivity index (χ3n) is 4.14. The molecule has 0 saturated carbocycles. The molecule has 2 aromatic rings. The fourth-order valence-corrected chi connectivity index (χ4v) is 3.90. The summed E-state index contributed by atoms with van der Waals surface area (Å²) in [6.07, 6.45) is 0.249. The number of nitrogens with one attached hydrogen (secondary N) is 2. The van der Waals surface area contributed by atoms with Crippen LogP contribution >= 0.6 is 11.3 Å². The zero-order valence-corrected chi connectivity index (χ0v) is 15.5. The Morgan fingerprint density at radius 3 is 3.00 bits per heavy atom. The van der Waals surface area contributed by atoms with E-state index in [2.05, 4.69) is 15.6 Å². The molecule has 3 rings (SSSR count). The van der Waals surface area contributed by atoms with Gasteiger partial charge in [0.2, 0.25) is 5.91 Å². The SMILES string of the molecule is CCNc1nc(C)c(C(=O)N[C@H]2CC(=O)N(Cc3cccc(F)c3)C2)s1. The molecule has 6 nitrogen and oxygen atoms in total. The van der Waals surface area contributed by atoms with Crippen molar-refractivity contribution in [3.63, 3.8) is 0 Å². The highest BCUT2D eigenvalue weighted by Gasteiger charge is 2.31. The molecule has 1 aromatic heterocycles. The number of nitrogens with zero attached hydrogens (tertiary/aromatic N) is 2. The summed E-state index contributed by atoms with van der Waals surface area (Å²) in [6, 6.07) is 5.94. The maximum absolute atomic E-state index is 13.3. The molecule has 0 spiro atoms. The minimum Gasteiger partial charge on any atom is -0.362 e. The Hall–Kier alpha value is -2.48. The van der Waals surface area contributed by atoms with E-state index in [1.807, 2.05) is 6.92 Å². The molecule has 1 fully saturated rings. The quantitative estimate of drug-likeness (QED) is 0.813. The lowest BCUT2D eigenvalue weighted by atomic mass is 10.2. The summed E-state index contributed by atoms with van der Waals surface area (Å²) in [6.45, 7) is 5.25. The van der Waals surface area contributed by atoms with Crippen molar-refractivity contribution in [1.82, 2.24) is 15.2 Å². The molecule has 1 atom stereocenters. The summed E-state index contributed by atoms with van der Waals surface area (Å²) in [5.41, 5.74) is 1.41. The van der Waals surface area contributed by atoms with Crippen LogP contribution in [0.15, 0.2) is 24.3 Å². The minimum absolute atomic E-state index is 0.0473. The molecular formula is C18H21FN4O2S. The van der Waals surface area contributed by atoms with Gasteiger partial charge in [-0.1, -0.05) is 23.5 Å². The van der Waals surface area contributed by atoms with Crippen LogP contribution in [0.5, 0.6) is 0 Å². The topological polar surface area (TPSA) is 74.3 Å². The van der Waals surface area contributed by atoms with Crippen molar-refractivity contribution >= 4 is 28.3 Å². The van der Waals surface area contributed by atoms with Gasteiger partial charge in [0, 0.05) is 26.1 Å². The van der Waals surface area contributed by atoms with Crippen molar-refractivity contribution in [2.75, 3.05) is 18.4 Å². The van der Waals surface area contributed by atoms with Crippen molar-refractivity contribution in [3.05, 3.63) is 46.2 Å². The monoisotopic (exact) mass is 376 g/mol. The summed E-state index contributed by atoms with van der Waals surface area (Å²) in [5, 5.41) is 6.73. The van der Waals surface area contributed by atoms with Crippen LogP contribution in [-0.2, 0) is 11.3 Å². The van der Waals surface area contributed by atoms with E-state index in [0.29, 0.717) is 28.8 Å². The number of carbonyl (C=O) groups excluding carboxylic acids is 2. The van der Waals surface area contributed by atoms with Crippen molar-refractivity contribution in [1.29, 1.82) is 0 Å². The third kappa shape index (κ3) is 4.19. The van der Waals surface area contributed by atoms with Crippen LogP contribution in [0.4, 0.5) is 9.52 Å². The van der Waals surface area contributed by atoms with Crippen LogP contribution < -0.4 is 10.6 Å². The zero-order valence-electron chi connectivity index (χ0n) is 14.7. The molecule has 0 unspecified atom stereocenters. The maximum Gasteiger partial charge on any atom is 0.263 e. The number of aryl methyl sites for hydroxylation is 1. The summed E-state index contributed by atoms with van der Waals surface area (Å²) >= 11 is 1.31. The standard InChI is InChI=1S/C18H21FN4O2S/c1-3-20-18-21-11(2)16(26-18)17(25)22-14-8-15(24)23(10-14)9-12-5-4-6-13(19)7-12/h4-7,14H,3,8-10H2,1-2H3,(H,20,21)(H,22,25)/t14-/m0/s1. The Kier molecular flexibility index (Phi) is 5.51. The number of thiazole rings is 1. The fourth-order valence-electron chi connectivity index (χ4n) is 2.96. The number of anilines is 1. The Labute approximate surface area is 155 Å². The lowest BCUT2D eigenvalue weighted by Gasteiger charge is -2.17. The van der Waals surface area contributed by atoms with Crippen LogP contribution in [0, 0.1) is 12.7 Å². The molecule has 1 aromatic carbocycles. The van der Waals surface area contributed by atoms with Crippen LogP contribution in [0.25, 0.3) is 0 Å². The number of carbonyl (C=O) groups is 2. The average molecular weight is 376 g/mol. The van der Waals surface area contributed by atoms with Crippen molar-refractivity contribution in [2.45, 2.75) is 32.9 Å². The second-order valence-electron chi connectivity index (χ2n) is 6.24. The van der Waals surface area contributed by atoms with Gasteiger partial charge in [0.15, 0.2) is 5.13 Å². The molecule has 2 heterocycles. The fraction of sp³-hybridized carbons (Fsp3) is 0.389. The van der Waals surface area contributed by atoms with Gasteiger partial charge in [0.1, 0.15) is 10.7 Å². The van der Waals surface area contributed by atoms with Crippen LogP contribution in [-0.4, -0.2) is 40.8 Å². The van der Waals surface area contributed by atoms with Gasteiger partial charge >= 0.3 is 0 Å². The van der Waals surface area contributed by atoms with Crippen molar-refractivity contribution in [2.24, 2.45) is 0 Å². The summed E-state index contributed by atoms with van der Waals surface area (Å²) in [5.74, 6) is -0.584. The van der Waals surface area contributed by atoms with E-state index in [9.17, 15) is 14.0 Å². The maximum atomic E-state index is 13.3. The second-order valence-corrected chi connectivity index (χ2v) is 7.24. The van der Waals surface area contributed by atoms with E-state index in [1.165, 1.54) is 23.5 Å². The van der Waals surface area contributed by atoms with Crippen molar-refractivity contribution < 1.29 is 14.0 Å². The number of amides is 2. The van der Waals surface area contributed by atoms with Crippen LogP contribution in [0.3, 0.4) is 0 Å². The smallest absolute Gasteiger partial charge is 0.263 e. The van der Waals surface area contributed by atoms with E-state index >= 15 is 0 Å². The van der Waals surface area contributed by atoms with Gasteiger partial charge in [-0.05, 0) is 31.5 Å². The highest BCUT2D eigenvalue weighted by molar-refractivity contribution is 7.17. The number of rotatable bonds is 6. The molecule has 0 bridgehead atoms. The molecule has 26 heavy (non-hydrogen) atoms. The first kappa shape index (κ1) is 18.3. The van der Waals surface area contributed by atoms with Gasteiger partial charge in [-0.15, -0.1) is 0 Å². The number of aromatic nitrogens is 1. The normalized spacial score (nSPS) is 16.8. The summed E-state index contributed by atoms with van der Waals surface area (Å²) in [4.78, 5) is 31.2. The first-order valence-corrected chi connectivity index (χ1v) is 9.32. The molecule has 2 amide bonds. The zero-order chi connectivity index (χ0) is 18.7. The Balaban J connectivity index is 1.61. The predicted molar refractivity (Wildman–Crippen MR) is 98.7 cm³/mol. The third-order valence-corrected chi connectivity index (χ3v) is 5.26. The number of benzene rings is 1. The number of halogens is 1. The summed E-state index contributed by atoms with van der Waals surface area (Å²) in [7, 11) is 0. The largest absolute Gasteiger partial charge is 0.362 e. The minimum atomic E-state index is -0.323. The molecule has 1 saturated heterocycles. The highest BCUT2D eigenvalue weighted by Crippen LogP contribution is 2.23. The van der Waals surface area contributed by atoms with Gasteiger partial charge in [-0.2, -0.15) is 0 Å². The first-order chi connectivity index (χ1) is 12.5. The molecule has 8 heteroatoms. The Morgan fingerprint density at radius 2 is 2.27 bits per heavy atom. The van der Waals surface area contributed by atoms with E-state index in [-0.39, 0.29) is 30.1 Å². The Bertz CT molecular complexity index is 823. The van der Waals surface area contributed by atoms with E-state index in [4.69, 9.17) is 0 Å². The van der Waals surface area contributed by atoms with Crippen LogP contribution in [0.2, 0.25) is 0 Å². The van der Waals surface area contributed by atoms with Crippen LogP contribution in [0.1, 0.15) is 34.3 Å². The van der Waals surface area contributed by atoms with Gasteiger partial charge in [0.05, 0.1) is 11.7 Å². The van der Waals surface area contributed by atoms with Gasteiger partial charge in [-0.25, -0.2) is 9.37 Å². The molecule has 1 aliphatic rings. The molecule has 1 aliphatic heterocycles. The van der Waals surface area contributed by atoms with Gasteiger partial charge < -0.3 is 15.5 Å². The van der Waals surface area contributed by atoms with Crippen molar-refractivity contribution in [3.8, 4) is 0 Å².